The van der Waals surface area contributed by atoms with Gasteiger partial charge < -0.3 is 9.73 Å². The van der Waals surface area contributed by atoms with E-state index in [2.05, 4.69) is 20.5 Å². The number of carbonyl (C=O) groups is 1. The van der Waals surface area contributed by atoms with Crippen molar-refractivity contribution in [3.05, 3.63) is 59.2 Å². The fraction of sp³-hybridized carbons (Fsp3) is 0.158. The van der Waals surface area contributed by atoms with Crippen molar-refractivity contribution in [3.8, 4) is 11.1 Å². The molecule has 0 saturated heterocycles. The number of thiazole rings is 1. The topological polar surface area (TPSA) is 80.9 Å². The molecule has 27 heavy (non-hydrogen) atoms. The molecule has 0 spiro atoms. The summed E-state index contributed by atoms with van der Waals surface area (Å²) in [7, 11) is 0. The van der Waals surface area contributed by atoms with Crippen molar-refractivity contribution in [2.24, 2.45) is 0 Å². The van der Waals surface area contributed by atoms with Gasteiger partial charge in [-0.3, -0.25) is 4.79 Å². The summed E-state index contributed by atoms with van der Waals surface area (Å²) < 4.78 is 19.3. The van der Waals surface area contributed by atoms with Crippen LogP contribution in [0.3, 0.4) is 0 Å². The number of aromatic nitrogens is 3. The fourth-order valence-electron chi connectivity index (χ4n) is 2.55. The van der Waals surface area contributed by atoms with Gasteiger partial charge in [0.2, 0.25) is 0 Å². The van der Waals surface area contributed by atoms with Gasteiger partial charge in [0.05, 0.1) is 10.2 Å². The first kappa shape index (κ1) is 17.3. The third kappa shape index (κ3) is 3.56. The van der Waals surface area contributed by atoms with Crippen molar-refractivity contribution in [1.29, 1.82) is 0 Å². The van der Waals surface area contributed by atoms with Crippen LogP contribution >= 0.6 is 11.3 Å². The number of nitrogens with zero attached hydrogens (tertiary/aromatic N) is 3. The van der Waals surface area contributed by atoms with Gasteiger partial charge in [-0.1, -0.05) is 30.2 Å². The summed E-state index contributed by atoms with van der Waals surface area (Å²) in [6.45, 7) is 2.69. The highest BCUT2D eigenvalue weighted by molar-refractivity contribution is 7.20. The van der Waals surface area contributed by atoms with E-state index in [9.17, 15) is 9.18 Å². The lowest BCUT2D eigenvalue weighted by Gasteiger charge is -2.01. The standard InChI is InChI=1S/C19H15FN4O2S/c1-2-9-21-19-24-23-17(26-19)16(25)18-22-14-8-5-12(10-15(14)27-18)11-3-6-13(20)7-4-11/h3-8,10H,2,9H2,1H3,(H,21,24). The number of fused-ring (bicyclic) bond motifs is 1. The first-order valence-electron chi connectivity index (χ1n) is 8.42. The molecule has 1 N–H and O–H groups in total. The largest absolute Gasteiger partial charge is 0.400 e. The average Bonchev–Trinajstić information content (AvgIpc) is 3.32. The van der Waals surface area contributed by atoms with Crippen LogP contribution in [0.25, 0.3) is 21.3 Å². The Balaban J connectivity index is 1.62. The van der Waals surface area contributed by atoms with E-state index in [1.807, 2.05) is 25.1 Å². The van der Waals surface area contributed by atoms with E-state index in [-0.39, 0.29) is 22.7 Å². The van der Waals surface area contributed by atoms with Crippen molar-refractivity contribution in [2.75, 3.05) is 11.9 Å². The van der Waals surface area contributed by atoms with Crippen LogP contribution in [0, 0.1) is 5.82 Å². The molecule has 0 amide bonds. The van der Waals surface area contributed by atoms with E-state index in [0.717, 1.165) is 22.2 Å². The number of hydrogen-bond donors (Lipinski definition) is 1. The van der Waals surface area contributed by atoms with Crippen molar-refractivity contribution >= 4 is 33.4 Å². The first-order valence-corrected chi connectivity index (χ1v) is 9.24. The van der Waals surface area contributed by atoms with Gasteiger partial charge in [-0.15, -0.1) is 16.4 Å². The van der Waals surface area contributed by atoms with E-state index >= 15 is 0 Å². The molecule has 0 aliphatic carbocycles. The molecule has 0 saturated carbocycles. The zero-order chi connectivity index (χ0) is 18.8. The number of nitrogens with one attached hydrogen (secondary N) is 1. The molecule has 0 aliphatic heterocycles. The monoisotopic (exact) mass is 382 g/mol. The smallest absolute Gasteiger partial charge is 0.315 e. The zero-order valence-electron chi connectivity index (χ0n) is 14.4. The summed E-state index contributed by atoms with van der Waals surface area (Å²) in [4.78, 5) is 16.9. The van der Waals surface area contributed by atoms with Gasteiger partial charge in [0.15, 0.2) is 5.01 Å². The predicted molar refractivity (Wildman–Crippen MR) is 102 cm³/mol. The normalized spacial score (nSPS) is 11.0. The zero-order valence-corrected chi connectivity index (χ0v) is 15.2. The maximum atomic E-state index is 13.1. The molecule has 0 atom stereocenters. The van der Waals surface area contributed by atoms with E-state index in [1.165, 1.54) is 23.5 Å². The van der Waals surface area contributed by atoms with Crippen molar-refractivity contribution < 1.29 is 13.6 Å². The number of carbonyl (C=O) groups excluding carboxylic acids is 1. The summed E-state index contributed by atoms with van der Waals surface area (Å²) in [5.41, 5.74) is 2.52. The summed E-state index contributed by atoms with van der Waals surface area (Å²) in [6.07, 6.45) is 0.903. The molecule has 2 aromatic carbocycles. The summed E-state index contributed by atoms with van der Waals surface area (Å²) in [6, 6.07) is 12.1. The molecule has 4 aromatic rings. The molecule has 0 fully saturated rings. The van der Waals surface area contributed by atoms with E-state index in [1.54, 1.807) is 12.1 Å². The number of halogens is 1. The lowest BCUT2D eigenvalue weighted by atomic mass is 10.1. The molecule has 0 bridgehead atoms. The average molecular weight is 382 g/mol. The molecule has 8 heteroatoms. The van der Waals surface area contributed by atoms with Crippen molar-refractivity contribution in [3.63, 3.8) is 0 Å². The maximum absolute atomic E-state index is 13.1. The Morgan fingerprint density at radius 2 is 1.93 bits per heavy atom. The Hall–Kier alpha value is -3.13. The lowest BCUT2D eigenvalue weighted by molar-refractivity contribution is 0.100. The van der Waals surface area contributed by atoms with Crippen LogP contribution in [0.4, 0.5) is 10.4 Å². The van der Waals surface area contributed by atoms with Crippen LogP contribution in [0.5, 0.6) is 0 Å². The van der Waals surface area contributed by atoms with Crippen LogP contribution in [0.1, 0.15) is 29.0 Å². The van der Waals surface area contributed by atoms with Gasteiger partial charge in [-0.25, -0.2) is 9.37 Å². The highest BCUT2D eigenvalue weighted by Crippen LogP contribution is 2.29. The second-order valence-corrected chi connectivity index (χ2v) is 6.91. The van der Waals surface area contributed by atoms with Gasteiger partial charge in [-0.2, -0.15) is 0 Å². The molecule has 0 radical (unpaired) electrons. The Morgan fingerprint density at radius 3 is 2.70 bits per heavy atom. The maximum Gasteiger partial charge on any atom is 0.315 e. The first-order chi connectivity index (χ1) is 13.1. The highest BCUT2D eigenvalue weighted by atomic mass is 32.1. The lowest BCUT2D eigenvalue weighted by Crippen LogP contribution is -2.01. The minimum absolute atomic E-state index is 0.0913. The minimum atomic E-state index is -0.406. The molecule has 2 aromatic heterocycles. The summed E-state index contributed by atoms with van der Waals surface area (Å²) >= 11 is 1.26. The third-order valence-electron chi connectivity index (χ3n) is 3.91. The molecular formula is C19H15FN4O2S. The SMILES string of the molecule is CCCNc1nnc(C(=O)c2nc3ccc(-c4ccc(F)cc4)cc3s2)o1. The molecule has 6 nitrogen and oxygen atoms in total. The number of anilines is 1. The predicted octanol–water partition coefficient (Wildman–Crippen LogP) is 4.54. The molecule has 136 valence electrons. The minimum Gasteiger partial charge on any atom is -0.400 e. The molecule has 0 aliphatic rings. The van der Waals surface area contributed by atoms with Gasteiger partial charge in [0.25, 0.3) is 11.7 Å². The van der Waals surface area contributed by atoms with Crippen LogP contribution < -0.4 is 5.32 Å². The second kappa shape index (κ2) is 7.24. The molecule has 0 unspecified atom stereocenters. The Bertz CT molecular complexity index is 1100. The molecular weight excluding hydrogens is 367 g/mol. The van der Waals surface area contributed by atoms with E-state index < -0.39 is 5.78 Å². The fourth-order valence-corrected chi connectivity index (χ4v) is 3.49. The van der Waals surface area contributed by atoms with Gasteiger partial charge in [0, 0.05) is 6.54 Å². The van der Waals surface area contributed by atoms with E-state index in [0.29, 0.717) is 12.1 Å². The number of hydrogen-bond acceptors (Lipinski definition) is 7. The van der Waals surface area contributed by atoms with E-state index in [4.69, 9.17) is 4.42 Å². The molecule has 4 rings (SSSR count). The number of benzene rings is 2. The Labute approximate surface area is 158 Å². The van der Waals surface area contributed by atoms with Crippen LogP contribution in [0.15, 0.2) is 46.9 Å². The van der Waals surface area contributed by atoms with Crippen molar-refractivity contribution in [1.82, 2.24) is 15.2 Å². The van der Waals surface area contributed by atoms with Gasteiger partial charge in [0.1, 0.15) is 5.82 Å². The van der Waals surface area contributed by atoms with Crippen LogP contribution in [-0.4, -0.2) is 27.5 Å². The van der Waals surface area contributed by atoms with Crippen LogP contribution in [0.2, 0.25) is 0 Å². The highest BCUT2D eigenvalue weighted by Gasteiger charge is 2.21. The second-order valence-electron chi connectivity index (χ2n) is 5.88. The van der Waals surface area contributed by atoms with Crippen LogP contribution in [-0.2, 0) is 0 Å². The number of ketones is 1. The van der Waals surface area contributed by atoms with Gasteiger partial charge >= 0.3 is 6.01 Å². The summed E-state index contributed by atoms with van der Waals surface area (Å²) in [5, 5.41) is 10.8. The Kier molecular flexibility index (Phi) is 4.64. The summed E-state index contributed by atoms with van der Waals surface area (Å²) in [5.74, 6) is -0.777. The number of rotatable bonds is 6. The quantitative estimate of drug-likeness (QED) is 0.493. The Morgan fingerprint density at radius 1 is 1.15 bits per heavy atom. The van der Waals surface area contributed by atoms with Crippen molar-refractivity contribution in [2.45, 2.75) is 13.3 Å². The third-order valence-corrected chi connectivity index (χ3v) is 4.92. The molecule has 2 heterocycles. The van der Waals surface area contributed by atoms with Gasteiger partial charge in [-0.05, 0) is 41.8 Å².